The van der Waals surface area contributed by atoms with Crippen molar-refractivity contribution in [3.63, 3.8) is 0 Å². The molecule has 1 amide bonds. The van der Waals surface area contributed by atoms with E-state index in [2.05, 4.69) is 55.1 Å². The van der Waals surface area contributed by atoms with Gasteiger partial charge in [-0.15, -0.1) is 11.3 Å². The number of carbonyl (C=O) groups excluding carboxylic acids is 1. The van der Waals surface area contributed by atoms with Gasteiger partial charge in [0, 0.05) is 68.0 Å². The van der Waals surface area contributed by atoms with Crippen molar-refractivity contribution in [3.8, 4) is 21.0 Å². The first kappa shape index (κ1) is 21.8. The summed E-state index contributed by atoms with van der Waals surface area (Å²) in [7, 11) is 2.14. The van der Waals surface area contributed by atoms with Crippen LogP contribution in [0.3, 0.4) is 0 Å². The van der Waals surface area contributed by atoms with Gasteiger partial charge in [0.2, 0.25) is 0 Å². The number of nitrogens with two attached hydrogens (primary N) is 1. The fourth-order valence-corrected chi connectivity index (χ4v) is 5.57. The number of anilines is 2. The van der Waals surface area contributed by atoms with E-state index < -0.39 is 12.1 Å². The Kier molecular flexibility index (Phi) is 6.03. The summed E-state index contributed by atoms with van der Waals surface area (Å²) >= 11 is 1.43. The van der Waals surface area contributed by atoms with Crippen LogP contribution in [0.2, 0.25) is 0 Å². The van der Waals surface area contributed by atoms with Crippen molar-refractivity contribution in [2.24, 2.45) is 5.73 Å². The average Bonchev–Trinajstić information content (AvgIpc) is 3.50. The number of piperidine rings is 1. The number of aromatic amines is 1. The maximum absolute atomic E-state index is 13.9. The number of rotatable bonds is 5. The maximum Gasteiger partial charge on any atom is 0.268 e. The van der Waals surface area contributed by atoms with Crippen molar-refractivity contribution >= 4 is 28.6 Å². The maximum atomic E-state index is 13.9. The topological polar surface area (TPSA) is 94.4 Å². The minimum Gasteiger partial charge on any atom is -0.371 e. The number of halogens is 1. The lowest BCUT2D eigenvalue weighted by Crippen LogP contribution is -2.44. The Morgan fingerprint density at radius 2 is 1.91 bits per heavy atom. The Hall–Kier alpha value is -2.98. The molecule has 174 valence electrons. The molecule has 0 unspecified atom stereocenters. The second-order valence-corrected chi connectivity index (χ2v) is 9.70. The number of thiazole rings is 1. The van der Waals surface area contributed by atoms with E-state index in [9.17, 15) is 9.18 Å². The van der Waals surface area contributed by atoms with Crippen molar-refractivity contribution in [2.75, 3.05) is 56.1 Å². The monoisotopic (exact) mass is 469 g/mol. The summed E-state index contributed by atoms with van der Waals surface area (Å²) in [6, 6.07) is 6.35. The zero-order valence-electron chi connectivity index (χ0n) is 18.6. The fourth-order valence-electron chi connectivity index (χ4n) is 4.48. The number of hydrogen-bond acceptors (Lipinski definition) is 7. The molecule has 3 aromatic rings. The van der Waals surface area contributed by atoms with Crippen LogP contribution in [0, 0.1) is 0 Å². The molecular formula is C23H28FN7OS. The molecule has 0 bridgehead atoms. The number of primary amides is 1. The molecule has 4 heterocycles. The first-order valence-corrected chi connectivity index (χ1v) is 12.1. The number of likely N-dealkylation sites (N-methyl/N-ethyl adjacent to an activating group) is 1. The lowest BCUT2D eigenvalue weighted by molar-refractivity contribution is 0.0997. The van der Waals surface area contributed by atoms with E-state index in [1.807, 2.05) is 0 Å². The highest BCUT2D eigenvalue weighted by Gasteiger charge is 2.26. The molecule has 0 aliphatic carbocycles. The Bertz CT molecular complexity index is 1120. The second-order valence-electron chi connectivity index (χ2n) is 8.70. The number of alkyl halides is 1. The number of nitrogens with one attached hydrogen (secondary N) is 1. The molecule has 1 aromatic carbocycles. The molecule has 2 aliphatic rings. The Labute approximate surface area is 196 Å². The van der Waals surface area contributed by atoms with Crippen molar-refractivity contribution in [3.05, 3.63) is 36.3 Å². The van der Waals surface area contributed by atoms with E-state index >= 15 is 0 Å². The molecule has 10 heteroatoms. The van der Waals surface area contributed by atoms with Gasteiger partial charge in [-0.3, -0.25) is 9.89 Å². The van der Waals surface area contributed by atoms with Crippen molar-refractivity contribution < 1.29 is 9.18 Å². The third-order valence-electron chi connectivity index (χ3n) is 6.47. The lowest BCUT2D eigenvalue weighted by Gasteiger charge is -2.36. The van der Waals surface area contributed by atoms with Crippen LogP contribution in [-0.2, 0) is 0 Å². The van der Waals surface area contributed by atoms with Crippen molar-refractivity contribution in [2.45, 2.75) is 19.0 Å². The number of hydrogen-bond donors (Lipinski definition) is 2. The number of piperazine rings is 1. The summed E-state index contributed by atoms with van der Waals surface area (Å²) in [6.07, 6.45) is 3.67. The summed E-state index contributed by atoms with van der Waals surface area (Å²) in [5.41, 5.74) is 9.85. The van der Waals surface area contributed by atoms with Crippen LogP contribution in [-0.4, -0.2) is 78.5 Å². The number of H-pyrrole nitrogens is 1. The van der Waals surface area contributed by atoms with Gasteiger partial charge in [0.15, 0.2) is 0 Å². The van der Waals surface area contributed by atoms with Crippen LogP contribution < -0.4 is 15.5 Å². The molecule has 0 spiro atoms. The van der Waals surface area contributed by atoms with Crippen LogP contribution in [0.1, 0.15) is 23.3 Å². The van der Waals surface area contributed by atoms with Crippen LogP contribution in [0.5, 0.6) is 0 Å². The minimum absolute atomic E-state index is 0.255. The summed E-state index contributed by atoms with van der Waals surface area (Å²) in [5.74, 6) is -0.562. The van der Waals surface area contributed by atoms with Gasteiger partial charge in [0.1, 0.15) is 16.9 Å². The molecule has 2 fully saturated rings. The molecule has 2 saturated heterocycles. The number of carbonyl (C=O) groups is 1. The third-order valence-corrected chi connectivity index (χ3v) is 7.60. The molecule has 0 radical (unpaired) electrons. The van der Waals surface area contributed by atoms with Crippen molar-refractivity contribution in [1.29, 1.82) is 0 Å². The van der Waals surface area contributed by atoms with Gasteiger partial charge in [-0.25, -0.2) is 9.37 Å². The highest BCUT2D eigenvalue weighted by molar-refractivity contribution is 7.18. The quantitative estimate of drug-likeness (QED) is 0.597. The van der Waals surface area contributed by atoms with Crippen molar-refractivity contribution in [1.82, 2.24) is 20.1 Å². The van der Waals surface area contributed by atoms with Crippen LogP contribution in [0.15, 0.2) is 30.6 Å². The van der Waals surface area contributed by atoms with Gasteiger partial charge in [-0.05, 0) is 38.1 Å². The van der Waals surface area contributed by atoms with Gasteiger partial charge in [-0.1, -0.05) is 0 Å². The van der Waals surface area contributed by atoms with E-state index in [1.165, 1.54) is 11.3 Å². The molecule has 5 rings (SSSR count). The summed E-state index contributed by atoms with van der Waals surface area (Å²) in [5, 5.41) is 7.47. The van der Waals surface area contributed by atoms with E-state index in [0.717, 1.165) is 53.6 Å². The SMILES string of the molecule is CN1CCN(c2ccc(-c3sc(-c4cn[nH]c4)nc3C(N)=O)c(N3CCC(F)CC3)c2)CC1. The third kappa shape index (κ3) is 4.45. The molecule has 0 saturated carbocycles. The van der Waals surface area contributed by atoms with E-state index in [-0.39, 0.29) is 5.69 Å². The fraction of sp³-hybridized carbons (Fsp3) is 0.435. The van der Waals surface area contributed by atoms with Crippen LogP contribution in [0.25, 0.3) is 21.0 Å². The van der Waals surface area contributed by atoms with Gasteiger partial charge in [-0.2, -0.15) is 5.10 Å². The zero-order valence-corrected chi connectivity index (χ0v) is 19.4. The normalized spacial score (nSPS) is 18.1. The highest BCUT2D eigenvalue weighted by Crippen LogP contribution is 2.42. The summed E-state index contributed by atoms with van der Waals surface area (Å²) < 4.78 is 13.9. The van der Waals surface area contributed by atoms with E-state index in [0.29, 0.717) is 30.9 Å². The molecule has 3 N–H and O–H groups in total. The zero-order chi connectivity index (χ0) is 22.9. The minimum atomic E-state index is -0.761. The molecular weight excluding hydrogens is 441 g/mol. The molecule has 33 heavy (non-hydrogen) atoms. The molecule has 0 atom stereocenters. The Morgan fingerprint density at radius 1 is 1.15 bits per heavy atom. The predicted octanol–water partition coefficient (Wildman–Crippen LogP) is 2.99. The summed E-state index contributed by atoms with van der Waals surface area (Å²) in [4.78, 5) is 24.5. The second kappa shape index (κ2) is 9.11. The predicted molar refractivity (Wildman–Crippen MR) is 130 cm³/mol. The lowest BCUT2D eigenvalue weighted by atomic mass is 10.0. The Balaban J connectivity index is 1.58. The number of nitrogens with zero attached hydrogens (tertiary/aromatic N) is 5. The number of benzene rings is 1. The number of aromatic nitrogens is 3. The number of amides is 1. The first-order chi connectivity index (χ1) is 16.0. The molecule has 2 aromatic heterocycles. The summed E-state index contributed by atoms with van der Waals surface area (Å²) in [6.45, 7) is 5.22. The Morgan fingerprint density at radius 3 is 2.58 bits per heavy atom. The van der Waals surface area contributed by atoms with Crippen LogP contribution >= 0.6 is 11.3 Å². The van der Waals surface area contributed by atoms with Gasteiger partial charge >= 0.3 is 0 Å². The van der Waals surface area contributed by atoms with Gasteiger partial charge in [0.25, 0.3) is 5.91 Å². The first-order valence-electron chi connectivity index (χ1n) is 11.3. The van der Waals surface area contributed by atoms with E-state index in [1.54, 1.807) is 12.4 Å². The van der Waals surface area contributed by atoms with Gasteiger partial charge in [0.05, 0.1) is 11.1 Å². The smallest absolute Gasteiger partial charge is 0.268 e. The van der Waals surface area contributed by atoms with E-state index in [4.69, 9.17) is 5.73 Å². The standard InChI is InChI=1S/C23H28FN7OS/c1-29-8-10-30(11-9-29)17-2-3-18(19(12-17)31-6-4-16(24)5-7-31)21-20(22(25)32)28-23(33-21)15-13-26-27-14-15/h2-3,12-14,16H,4-11H2,1H3,(H2,25,32)(H,26,27). The van der Waals surface area contributed by atoms with Crippen LogP contribution in [0.4, 0.5) is 15.8 Å². The average molecular weight is 470 g/mol. The highest BCUT2D eigenvalue weighted by atomic mass is 32.1. The molecule has 2 aliphatic heterocycles. The largest absolute Gasteiger partial charge is 0.371 e. The van der Waals surface area contributed by atoms with Gasteiger partial charge < -0.3 is 20.4 Å². The molecule has 8 nitrogen and oxygen atoms in total.